The summed E-state index contributed by atoms with van der Waals surface area (Å²) in [5.74, 6) is 0.0976. The van der Waals surface area contributed by atoms with Crippen molar-refractivity contribution in [1.82, 2.24) is 5.06 Å². The van der Waals surface area contributed by atoms with Gasteiger partial charge >= 0.3 is 0 Å². The molecule has 0 heterocycles. The summed E-state index contributed by atoms with van der Waals surface area (Å²) in [5.41, 5.74) is 0. The molecule has 4 nitrogen and oxygen atoms in total. The van der Waals surface area contributed by atoms with Crippen LogP contribution in [0.4, 0.5) is 0 Å². The van der Waals surface area contributed by atoms with E-state index < -0.39 is 10.1 Å². The third-order valence-electron chi connectivity index (χ3n) is 8.97. The third kappa shape index (κ3) is 27.4. The van der Waals surface area contributed by atoms with Crippen LogP contribution in [-0.2, 0) is 14.4 Å². The molecule has 0 rings (SSSR count). The van der Waals surface area contributed by atoms with Crippen molar-refractivity contribution in [2.24, 2.45) is 0 Å². The van der Waals surface area contributed by atoms with E-state index >= 15 is 0 Å². The lowest BCUT2D eigenvalue weighted by molar-refractivity contribution is -0.120. The van der Waals surface area contributed by atoms with Gasteiger partial charge in [0.05, 0.1) is 5.75 Å². The summed E-state index contributed by atoms with van der Waals surface area (Å²) in [6.45, 7) is 10.8. The molecule has 0 aliphatic rings. The molecular weight excluding hydrogens is 538 g/mol. The zero-order chi connectivity index (χ0) is 31.2. The van der Waals surface area contributed by atoms with Crippen molar-refractivity contribution in [3.8, 4) is 0 Å². The van der Waals surface area contributed by atoms with E-state index in [1.807, 2.05) is 12.0 Å². The molecule has 0 saturated carbocycles. The lowest BCUT2D eigenvalue weighted by Crippen LogP contribution is -2.42. The highest BCUT2D eigenvalue weighted by molar-refractivity contribution is 7.86. The second kappa shape index (κ2) is 30.9. The Morgan fingerprint density at radius 1 is 0.429 bits per heavy atom. The highest BCUT2D eigenvalue weighted by Gasteiger charge is 2.26. The first-order valence-electron chi connectivity index (χ1n) is 19.1. The van der Waals surface area contributed by atoms with Crippen LogP contribution in [0.5, 0.6) is 0 Å². The number of nitrogens with zero attached hydrogens (tertiary/aromatic N) is 1. The smallest absolute Gasteiger partial charge is 0.198 e. The van der Waals surface area contributed by atoms with Gasteiger partial charge in [0.2, 0.25) is 0 Å². The Kier molecular flexibility index (Phi) is 30.8. The fourth-order valence-electron chi connectivity index (χ4n) is 6.17. The summed E-state index contributed by atoms with van der Waals surface area (Å²) in [7, 11) is -3.51. The normalized spacial score (nSPS) is 13.7. The van der Waals surface area contributed by atoms with Crippen LogP contribution in [0.2, 0.25) is 0 Å². The molecule has 0 bridgehead atoms. The number of hydrogen-bond acceptors (Lipinski definition) is 4. The van der Waals surface area contributed by atoms with Gasteiger partial charge in [0.15, 0.2) is 0 Å². The highest BCUT2D eigenvalue weighted by atomic mass is 32.2. The summed E-state index contributed by atoms with van der Waals surface area (Å²) >= 11 is 0. The third-order valence-corrected chi connectivity index (χ3v) is 10.3. The SMILES string of the molecule is CCCCCCCCCCCCCCCC(C)N(OS(=O)(=O)CCC)C(C)CCCCCCCCCCCCCCC. The largest absolute Gasteiger partial charge is 0.283 e. The number of hydrogen-bond donors (Lipinski definition) is 0. The Morgan fingerprint density at radius 3 is 0.952 bits per heavy atom. The van der Waals surface area contributed by atoms with Crippen LogP contribution in [0.1, 0.15) is 221 Å². The van der Waals surface area contributed by atoms with E-state index in [1.165, 1.54) is 154 Å². The van der Waals surface area contributed by atoms with Crippen molar-refractivity contribution in [2.45, 2.75) is 233 Å². The van der Waals surface area contributed by atoms with Gasteiger partial charge in [-0.1, -0.05) is 188 Å². The van der Waals surface area contributed by atoms with Gasteiger partial charge in [-0.05, 0) is 33.1 Å². The van der Waals surface area contributed by atoms with E-state index in [4.69, 9.17) is 4.28 Å². The first-order chi connectivity index (χ1) is 20.4. The second-order valence-corrected chi connectivity index (χ2v) is 15.1. The molecule has 0 aromatic rings. The first-order valence-corrected chi connectivity index (χ1v) is 20.7. The highest BCUT2D eigenvalue weighted by Crippen LogP contribution is 2.21. The lowest BCUT2D eigenvalue weighted by atomic mass is 10.0. The second-order valence-electron chi connectivity index (χ2n) is 13.5. The van der Waals surface area contributed by atoms with Crippen molar-refractivity contribution < 1.29 is 12.7 Å². The van der Waals surface area contributed by atoms with Crippen LogP contribution in [-0.4, -0.2) is 31.3 Å². The Bertz CT molecular complexity index is 603. The van der Waals surface area contributed by atoms with E-state index in [2.05, 4.69) is 27.7 Å². The van der Waals surface area contributed by atoms with Gasteiger partial charge in [-0.15, -0.1) is 0 Å². The zero-order valence-electron chi connectivity index (χ0n) is 29.4. The molecule has 254 valence electrons. The summed E-state index contributed by atoms with van der Waals surface area (Å²) in [6.07, 6.45) is 37.8. The number of rotatable bonds is 34. The zero-order valence-corrected chi connectivity index (χ0v) is 30.3. The van der Waals surface area contributed by atoms with Crippen LogP contribution < -0.4 is 0 Å². The minimum atomic E-state index is -3.51. The van der Waals surface area contributed by atoms with Crippen LogP contribution >= 0.6 is 0 Å². The van der Waals surface area contributed by atoms with Crippen molar-refractivity contribution in [2.75, 3.05) is 5.75 Å². The monoisotopic (exact) mass is 616 g/mol. The first kappa shape index (κ1) is 41.9. The van der Waals surface area contributed by atoms with Crippen molar-refractivity contribution in [3.05, 3.63) is 0 Å². The maximum absolute atomic E-state index is 12.6. The molecule has 5 heteroatoms. The molecule has 42 heavy (non-hydrogen) atoms. The molecule has 0 amide bonds. The van der Waals surface area contributed by atoms with Crippen molar-refractivity contribution >= 4 is 10.1 Å². The van der Waals surface area contributed by atoms with Gasteiger partial charge in [-0.3, -0.25) is 0 Å². The molecule has 0 radical (unpaired) electrons. The Labute approximate surface area is 266 Å². The molecular formula is C37H77NO3S. The molecule has 0 aliphatic heterocycles. The van der Waals surface area contributed by atoms with Crippen LogP contribution in [0.15, 0.2) is 0 Å². The molecule has 2 atom stereocenters. The average Bonchev–Trinajstić information content (AvgIpc) is 2.96. The number of unbranched alkanes of at least 4 members (excludes halogenated alkanes) is 24. The molecule has 0 fully saturated rings. The van der Waals surface area contributed by atoms with Crippen LogP contribution in [0.3, 0.4) is 0 Å². The summed E-state index contributed by atoms with van der Waals surface area (Å²) in [6, 6.07) is 0.252. The van der Waals surface area contributed by atoms with E-state index in [0.717, 1.165) is 25.7 Å². The fourth-order valence-corrected chi connectivity index (χ4v) is 7.30. The summed E-state index contributed by atoms with van der Waals surface area (Å²) in [4.78, 5) is 0. The quantitative estimate of drug-likeness (QED) is 0.0533. The van der Waals surface area contributed by atoms with E-state index in [9.17, 15) is 8.42 Å². The van der Waals surface area contributed by atoms with E-state index in [0.29, 0.717) is 6.42 Å². The molecule has 0 saturated heterocycles. The van der Waals surface area contributed by atoms with Gasteiger partial charge < -0.3 is 0 Å². The minimum absolute atomic E-state index is 0.0976. The molecule has 0 aromatic carbocycles. The van der Waals surface area contributed by atoms with Crippen molar-refractivity contribution in [3.63, 3.8) is 0 Å². The molecule has 0 aromatic heterocycles. The predicted octanol–water partition coefficient (Wildman–Crippen LogP) is 12.7. The van der Waals surface area contributed by atoms with Gasteiger partial charge in [0, 0.05) is 12.1 Å². The summed E-state index contributed by atoms with van der Waals surface area (Å²) < 4.78 is 30.9. The minimum Gasteiger partial charge on any atom is -0.198 e. The van der Waals surface area contributed by atoms with Gasteiger partial charge in [-0.25, -0.2) is 0 Å². The van der Waals surface area contributed by atoms with Gasteiger partial charge in [0.1, 0.15) is 0 Å². The van der Waals surface area contributed by atoms with Gasteiger partial charge in [-0.2, -0.15) is 17.8 Å². The summed E-state index contributed by atoms with van der Waals surface area (Å²) in [5, 5.41) is 1.84. The molecule has 0 N–H and O–H groups in total. The average molecular weight is 616 g/mol. The standard InChI is InChI=1S/C37H77NO3S/c1-6-9-11-13-15-17-19-21-23-25-27-29-31-33-36(4)38(41-42(39,40)35-8-3)37(5)34-32-30-28-26-24-22-20-18-16-14-12-10-7-2/h36-37H,6-35H2,1-5H3. The van der Waals surface area contributed by atoms with Crippen LogP contribution in [0, 0.1) is 0 Å². The Hall–Kier alpha value is -0.130. The predicted molar refractivity (Wildman–Crippen MR) is 187 cm³/mol. The molecule has 0 aliphatic carbocycles. The van der Waals surface area contributed by atoms with E-state index in [1.54, 1.807) is 0 Å². The Morgan fingerprint density at radius 2 is 0.690 bits per heavy atom. The Balaban J connectivity index is 4.14. The molecule has 2 unspecified atom stereocenters. The maximum Gasteiger partial charge on any atom is 0.283 e. The van der Waals surface area contributed by atoms with E-state index in [-0.39, 0.29) is 17.8 Å². The van der Waals surface area contributed by atoms with Gasteiger partial charge in [0.25, 0.3) is 10.1 Å². The van der Waals surface area contributed by atoms with Crippen molar-refractivity contribution in [1.29, 1.82) is 0 Å². The lowest BCUT2D eigenvalue weighted by Gasteiger charge is -2.32. The molecule has 0 spiro atoms. The van der Waals surface area contributed by atoms with Crippen LogP contribution in [0.25, 0.3) is 0 Å². The maximum atomic E-state index is 12.6. The number of hydroxylamine groups is 2. The fraction of sp³-hybridized carbons (Fsp3) is 1.00. The topological polar surface area (TPSA) is 46.6 Å².